The van der Waals surface area contributed by atoms with Gasteiger partial charge in [-0.15, -0.1) is 0 Å². The van der Waals surface area contributed by atoms with E-state index in [-0.39, 0.29) is 16.7 Å². The van der Waals surface area contributed by atoms with Crippen LogP contribution in [0.25, 0.3) is 0 Å². The van der Waals surface area contributed by atoms with Gasteiger partial charge in [0.2, 0.25) is 0 Å². The minimum atomic E-state index is -4.52. The van der Waals surface area contributed by atoms with Gasteiger partial charge in [0.15, 0.2) is 0 Å². The van der Waals surface area contributed by atoms with Crippen molar-refractivity contribution in [3.63, 3.8) is 0 Å². The summed E-state index contributed by atoms with van der Waals surface area (Å²) in [5.74, 6) is -0.178. The molecule has 0 aliphatic carbocycles. The number of anilines is 1. The highest BCUT2D eigenvalue weighted by Gasteiger charge is 2.52. The highest BCUT2D eigenvalue weighted by molar-refractivity contribution is 6.62. The van der Waals surface area contributed by atoms with Gasteiger partial charge in [0.1, 0.15) is 5.82 Å². The first-order valence-electron chi connectivity index (χ1n) is 8.29. The minimum absolute atomic E-state index is 0.172. The molecule has 0 saturated carbocycles. The Bertz CT molecular complexity index is 624. The van der Waals surface area contributed by atoms with E-state index >= 15 is 0 Å². The van der Waals surface area contributed by atoms with E-state index in [1.807, 2.05) is 48.5 Å². The van der Waals surface area contributed by atoms with Crippen LogP contribution < -0.4 is 10.8 Å². The molecule has 4 nitrogen and oxygen atoms in total. The van der Waals surface area contributed by atoms with E-state index in [1.165, 1.54) is 6.20 Å². The summed E-state index contributed by atoms with van der Waals surface area (Å²) in [6, 6.07) is 1.06. The summed E-state index contributed by atoms with van der Waals surface area (Å²) >= 11 is 0. The molecule has 8 heteroatoms. The number of rotatable bonds is 3. The van der Waals surface area contributed by atoms with Crippen LogP contribution in [0.4, 0.5) is 19.0 Å². The Morgan fingerprint density at radius 1 is 1.08 bits per heavy atom. The van der Waals surface area contributed by atoms with E-state index in [1.54, 1.807) is 0 Å². The summed E-state index contributed by atoms with van der Waals surface area (Å²) in [5.41, 5.74) is -1.98. The second-order valence-electron chi connectivity index (χ2n) is 8.67. The van der Waals surface area contributed by atoms with Crippen molar-refractivity contribution < 1.29 is 22.5 Å². The molecule has 1 aliphatic rings. The number of pyridine rings is 1. The first-order valence-corrected chi connectivity index (χ1v) is 8.29. The van der Waals surface area contributed by atoms with Crippen molar-refractivity contribution in [1.29, 1.82) is 0 Å². The molecule has 1 aliphatic heterocycles. The van der Waals surface area contributed by atoms with Gasteiger partial charge in [0.05, 0.1) is 16.8 Å². The number of alkyl halides is 3. The lowest BCUT2D eigenvalue weighted by Crippen LogP contribution is -2.41. The summed E-state index contributed by atoms with van der Waals surface area (Å²) in [4.78, 5) is 4.00. The van der Waals surface area contributed by atoms with Crippen molar-refractivity contribution in [3.05, 3.63) is 17.8 Å². The largest absolute Gasteiger partial charge is 0.496 e. The Morgan fingerprint density at radius 3 is 2.04 bits per heavy atom. The Labute approximate surface area is 147 Å². The molecule has 0 bridgehead atoms. The lowest BCUT2D eigenvalue weighted by atomic mass is 9.79. The molecule has 25 heavy (non-hydrogen) atoms. The Balaban J connectivity index is 2.34. The maximum atomic E-state index is 13.5. The van der Waals surface area contributed by atoms with Crippen LogP contribution in [0, 0.1) is 5.41 Å². The van der Waals surface area contributed by atoms with Crippen molar-refractivity contribution in [2.75, 3.05) is 11.9 Å². The standard InChI is InChI=1S/C17H26BF3N2O2/c1-14(2,3)10-23-13-12(17(19,20)21)8-11(9-22-13)18-24-15(4,5)16(6,7)25-18/h8-9H,10H2,1-7H3,(H,22,23). The molecule has 1 N–H and O–H groups in total. The fraction of sp³-hybridized carbons (Fsp3) is 0.706. The van der Waals surface area contributed by atoms with Gasteiger partial charge < -0.3 is 14.6 Å². The van der Waals surface area contributed by atoms with E-state index in [0.717, 1.165) is 6.07 Å². The first-order chi connectivity index (χ1) is 11.1. The molecule has 0 spiro atoms. The number of halogens is 3. The van der Waals surface area contributed by atoms with Crippen LogP contribution >= 0.6 is 0 Å². The van der Waals surface area contributed by atoms with Gasteiger partial charge in [-0.3, -0.25) is 0 Å². The summed E-state index contributed by atoms with van der Waals surface area (Å²) in [6.45, 7) is 13.6. The van der Waals surface area contributed by atoms with Crippen LogP contribution in [-0.4, -0.2) is 29.8 Å². The van der Waals surface area contributed by atoms with Crippen molar-refractivity contribution in [2.45, 2.75) is 65.8 Å². The molecule has 1 aromatic heterocycles. The second-order valence-corrected chi connectivity index (χ2v) is 8.67. The maximum Gasteiger partial charge on any atom is 0.496 e. The zero-order valence-corrected chi connectivity index (χ0v) is 15.8. The van der Waals surface area contributed by atoms with E-state index in [9.17, 15) is 13.2 Å². The van der Waals surface area contributed by atoms with Crippen molar-refractivity contribution in [1.82, 2.24) is 4.98 Å². The zero-order chi connectivity index (χ0) is 19.3. The minimum Gasteiger partial charge on any atom is -0.399 e. The van der Waals surface area contributed by atoms with E-state index in [0.29, 0.717) is 6.54 Å². The summed E-state index contributed by atoms with van der Waals surface area (Å²) in [5, 5.41) is 2.80. The van der Waals surface area contributed by atoms with E-state index in [4.69, 9.17) is 9.31 Å². The molecule has 0 atom stereocenters. The quantitative estimate of drug-likeness (QED) is 0.834. The molecule has 1 saturated heterocycles. The summed E-state index contributed by atoms with van der Waals surface area (Å²) < 4.78 is 52.1. The lowest BCUT2D eigenvalue weighted by Gasteiger charge is -2.32. The third-order valence-corrected chi connectivity index (χ3v) is 4.53. The molecule has 0 amide bonds. The van der Waals surface area contributed by atoms with Crippen LogP contribution in [0.15, 0.2) is 12.3 Å². The Kier molecular flexibility index (Phi) is 4.94. The summed E-state index contributed by atoms with van der Waals surface area (Å²) in [6.07, 6.45) is -3.14. The van der Waals surface area contributed by atoms with Gasteiger partial charge in [-0.2, -0.15) is 13.2 Å². The monoisotopic (exact) mass is 358 g/mol. The molecular weight excluding hydrogens is 332 g/mol. The van der Waals surface area contributed by atoms with Gasteiger partial charge >= 0.3 is 13.3 Å². The van der Waals surface area contributed by atoms with E-state index < -0.39 is 30.1 Å². The van der Waals surface area contributed by atoms with Gasteiger partial charge in [0.25, 0.3) is 0 Å². The topological polar surface area (TPSA) is 43.4 Å². The van der Waals surface area contributed by atoms with Gasteiger partial charge in [-0.05, 0) is 39.2 Å². The lowest BCUT2D eigenvalue weighted by molar-refractivity contribution is -0.137. The third-order valence-electron chi connectivity index (χ3n) is 4.53. The van der Waals surface area contributed by atoms with Crippen molar-refractivity contribution in [3.8, 4) is 0 Å². The molecular formula is C17H26BF3N2O2. The highest BCUT2D eigenvalue weighted by Crippen LogP contribution is 2.38. The number of nitrogens with zero attached hydrogens (tertiary/aromatic N) is 1. The normalized spacial score (nSPS) is 20.0. The van der Waals surface area contributed by atoms with Gasteiger partial charge in [-0.25, -0.2) is 4.98 Å². The fourth-order valence-electron chi connectivity index (χ4n) is 2.29. The molecule has 0 aromatic carbocycles. The van der Waals surface area contributed by atoms with Crippen LogP contribution in [0.2, 0.25) is 0 Å². The second kappa shape index (κ2) is 6.16. The maximum absolute atomic E-state index is 13.5. The average Bonchev–Trinajstić information content (AvgIpc) is 2.63. The molecule has 1 aromatic rings. The van der Waals surface area contributed by atoms with Crippen LogP contribution in [-0.2, 0) is 15.5 Å². The van der Waals surface area contributed by atoms with Crippen LogP contribution in [0.5, 0.6) is 0 Å². The van der Waals surface area contributed by atoms with Crippen molar-refractivity contribution in [2.24, 2.45) is 5.41 Å². The van der Waals surface area contributed by atoms with E-state index in [2.05, 4.69) is 10.3 Å². The molecule has 140 valence electrons. The average molecular weight is 358 g/mol. The number of nitrogens with one attached hydrogen (secondary N) is 1. The predicted octanol–water partition coefficient (Wildman–Crippen LogP) is 3.86. The Hall–Kier alpha value is -1.28. The van der Waals surface area contributed by atoms with Gasteiger partial charge in [0, 0.05) is 18.2 Å². The van der Waals surface area contributed by atoms with Gasteiger partial charge in [-0.1, -0.05) is 20.8 Å². The summed E-state index contributed by atoms with van der Waals surface area (Å²) in [7, 11) is -0.879. The fourth-order valence-corrected chi connectivity index (χ4v) is 2.29. The number of aromatic nitrogens is 1. The zero-order valence-electron chi connectivity index (χ0n) is 15.8. The van der Waals surface area contributed by atoms with Crippen LogP contribution in [0.1, 0.15) is 54.0 Å². The number of hydrogen-bond donors (Lipinski definition) is 1. The Morgan fingerprint density at radius 2 is 1.60 bits per heavy atom. The van der Waals surface area contributed by atoms with Crippen molar-refractivity contribution >= 4 is 18.4 Å². The molecule has 2 rings (SSSR count). The number of hydrogen-bond acceptors (Lipinski definition) is 4. The first kappa shape index (κ1) is 20.0. The van der Waals surface area contributed by atoms with Crippen LogP contribution in [0.3, 0.4) is 0 Å². The SMILES string of the molecule is CC(C)(C)CNc1ncc(B2OC(C)(C)C(C)(C)O2)cc1C(F)(F)F. The molecule has 2 heterocycles. The molecule has 1 fully saturated rings. The third kappa shape index (κ3) is 4.47. The smallest absolute Gasteiger partial charge is 0.399 e. The molecule has 0 unspecified atom stereocenters. The molecule has 0 radical (unpaired) electrons. The highest BCUT2D eigenvalue weighted by atomic mass is 19.4. The predicted molar refractivity (Wildman–Crippen MR) is 92.9 cm³/mol.